The molecule has 0 spiro atoms. The van der Waals surface area contributed by atoms with Gasteiger partial charge in [-0.1, -0.05) is 0 Å². The van der Waals surface area contributed by atoms with E-state index in [0.717, 1.165) is 31.9 Å². The van der Waals surface area contributed by atoms with Crippen LogP contribution in [0.4, 0.5) is 0 Å². The third-order valence-electron chi connectivity index (χ3n) is 2.95. The Labute approximate surface area is 98.1 Å². The predicted molar refractivity (Wildman–Crippen MR) is 66.7 cm³/mol. The molecule has 0 aromatic rings. The van der Waals surface area contributed by atoms with Gasteiger partial charge in [0, 0.05) is 26.1 Å². The van der Waals surface area contributed by atoms with Crippen molar-refractivity contribution >= 4 is 11.7 Å². The molecule has 4 heteroatoms. The summed E-state index contributed by atoms with van der Waals surface area (Å²) in [5.41, 5.74) is 0. The highest BCUT2D eigenvalue weighted by atomic mass is 16.2. The van der Waals surface area contributed by atoms with Crippen LogP contribution >= 0.6 is 0 Å². The van der Waals surface area contributed by atoms with Crippen LogP contribution in [0.25, 0.3) is 0 Å². The third kappa shape index (κ3) is 3.51. The van der Waals surface area contributed by atoms with Crippen LogP contribution in [0.2, 0.25) is 0 Å². The summed E-state index contributed by atoms with van der Waals surface area (Å²) < 4.78 is 0. The van der Waals surface area contributed by atoms with Crippen LogP contribution < -0.4 is 5.32 Å². The lowest BCUT2D eigenvalue weighted by Gasteiger charge is -2.25. The average molecular weight is 225 g/mol. The van der Waals surface area contributed by atoms with Gasteiger partial charge < -0.3 is 10.2 Å². The minimum Gasteiger partial charge on any atom is -0.362 e. The minimum absolute atomic E-state index is 0.156. The zero-order valence-electron chi connectivity index (χ0n) is 10.6. The molecule has 1 unspecified atom stereocenters. The molecule has 1 atom stereocenters. The molecule has 1 rings (SSSR count). The molecule has 0 aromatic heterocycles. The summed E-state index contributed by atoms with van der Waals surface area (Å²) in [7, 11) is 0. The molecule has 0 bridgehead atoms. The minimum atomic E-state index is -0.156. The Morgan fingerprint density at radius 1 is 1.44 bits per heavy atom. The standard InChI is InChI=1S/C12H23N3O/c1-4-15(5-2)12(16)10(3)14-11-8-6-7-9-13-11/h10H,4-9H2,1-3H3,(H,13,14). The van der Waals surface area contributed by atoms with E-state index < -0.39 is 0 Å². The van der Waals surface area contributed by atoms with Gasteiger partial charge >= 0.3 is 0 Å². The van der Waals surface area contributed by atoms with Crippen LogP contribution in [0.1, 0.15) is 40.0 Å². The van der Waals surface area contributed by atoms with Crippen molar-refractivity contribution < 1.29 is 4.79 Å². The van der Waals surface area contributed by atoms with E-state index in [-0.39, 0.29) is 11.9 Å². The van der Waals surface area contributed by atoms with Crippen molar-refractivity contribution in [2.24, 2.45) is 4.99 Å². The Morgan fingerprint density at radius 2 is 2.12 bits per heavy atom. The van der Waals surface area contributed by atoms with Crippen LogP contribution in [0, 0.1) is 0 Å². The quantitative estimate of drug-likeness (QED) is 0.786. The van der Waals surface area contributed by atoms with Crippen LogP contribution in [0.3, 0.4) is 0 Å². The smallest absolute Gasteiger partial charge is 0.244 e. The van der Waals surface area contributed by atoms with E-state index in [2.05, 4.69) is 10.3 Å². The first-order valence-electron chi connectivity index (χ1n) is 6.27. The number of hydrogen-bond donors (Lipinski definition) is 1. The SMILES string of the molecule is CCN(CC)C(=O)C(C)NC1=NCCCC1. The van der Waals surface area contributed by atoms with Gasteiger partial charge in [-0.25, -0.2) is 0 Å². The molecule has 1 N–H and O–H groups in total. The van der Waals surface area contributed by atoms with E-state index in [1.165, 1.54) is 12.8 Å². The fraction of sp³-hybridized carbons (Fsp3) is 0.833. The number of aliphatic imine (C=N–C) groups is 1. The van der Waals surface area contributed by atoms with E-state index in [1.807, 2.05) is 25.7 Å². The number of amides is 1. The highest BCUT2D eigenvalue weighted by molar-refractivity contribution is 5.90. The van der Waals surface area contributed by atoms with Crippen molar-refractivity contribution in [3.63, 3.8) is 0 Å². The van der Waals surface area contributed by atoms with E-state index >= 15 is 0 Å². The Morgan fingerprint density at radius 3 is 2.62 bits per heavy atom. The van der Waals surface area contributed by atoms with Crippen molar-refractivity contribution in [3.8, 4) is 0 Å². The lowest BCUT2D eigenvalue weighted by Crippen LogP contribution is -2.47. The second kappa shape index (κ2) is 6.51. The summed E-state index contributed by atoms with van der Waals surface area (Å²) in [5.74, 6) is 1.16. The van der Waals surface area contributed by atoms with Crippen molar-refractivity contribution in [3.05, 3.63) is 0 Å². The molecule has 0 aromatic carbocycles. The maximum atomic E-state index is 12.0. The van der Waals surface area contributed by atoms with Crippen LogP contribution in [-0.2, 0) is 4.79 Å². The molecule has 1 aliphatic rings. The Hall–Kier alpha value is -1.06. The zero-order valence-corrected chi connectivity index (χ0v) is 10.6. The molecule has 4 nitrogen and oxygen atoms in total. The van der Waals surface area contributed by atoms with Crippen molar-refractivity contribution in [1.82, 2.24) is 10.2 Å². The van der Waals surface area contributed by atoms with E-state index in [1.54, 1.807) is 0 Å². The number of hydrogen-bond acceptors (Lipinski definition) is 3. The number of amidine groups is 1. The third-order valence-corrected chi connectivity index (χ3v) is 2.95. The molecule has 0 saturated carbocycles. The van der Waals surface area contributed by atoms with E-state index in [4.69, 9.17) is 0 Å². The summed E-state index contributed by atoms with van der Waals surface area (Å²) in [6.45, 7) is 8.37. The molecule has 92 valence electrons. The van der Waals surface area contributed by atoms with Gasteiger partial charge in [-0.05, 0) is 33.6 Å². The zero-order chi connectivity index (χ0) is 12.0. The van der Waals surface area contributed by atoms with Crippen molar-refractivity contribution in [1.29, 1.82) is 0 Å². The predicted octanol–water partition coefficient (Wildman–Crippen LogP) is 1.42. The number of rotatable bonds is 4. The molecule has 0 saturated heterocycles. The second-order valence-electron chi connectivity index (χ2n) is 4.16. The summed E-state index contributed by atoms with van der Waals surface area (Å²) in [6, 6.07) is -0.156. The van der Waals surface area contributed by atoms with Crippen LogP contribution in [-0.4, -0.2) is 42.3 Å². The molecule has 0 aliphatic carbocycles. The molecule has 1 heterocycles. The molecule has 1 amide bonds. The second-order valence-corrected chi connectivity index (χ2v) is 4.16. The van der Waals surface area contributed by atoms with Gasteiger partial charge in [-0.2, -0.15) is 0 Å². The fourth-order valence-corrected chi connectivity index (χ4v) is 1.94. The molecular weight excluding hydrogens is 202 g/mol. The summed E-state index contributed by atoms with van der Waals surface area (Å²) in [4.78, 5) is 18.2. The maximum Gasteiger partial charge on any atom is 0.244 e. The largest absolute Gasteiger partial charge is 0.362 e. The van der Waals surface area contributed by atoms with E-state index in [0.29, 0.717) is 0 Å². The molecule has 1 aliphatic heterocycles. The first kappa shape index (κ1) is 13.0. The number of likely N-dealkylation sites (N-methyl/N-ethyl adjacent to an activating group) is 1. The maximum absolute atomic E-state index is 12.0. The summed E-state index contributed by atoms with van der Waals surface area (Å²) in [6.07, 6.45) is 3.33. The molecular formula is C12H23N3O. The van der Waals surface area contributed by atoms with Gasteiger partial charge in [0.2, 0.25) is 5.91 Å². The Kier molecular flexibility index (Phi) is 5.29. The number of carbonyl (C=O) groups excluding carboxylic acids is 1. The summed E-state index contributed by atoms with van der Waals surface area (Å²) >= 11 is 0. The Bertz CT molecular complexity index is 259. The van der Waals surface area contributed by atoms with E-state index in [9.17, 15) is 4.79 Å². The highest BCUT2D eigenvalue weighted by Gasteiger charge is 2.19. The molecule has 0 radical (unpaired) electrons. The van der Waals surface area contributed by atoms with Crippen LogP contribution in [0.15, 0.2) is 4.99 Å². The highest BCUT2D eigenvalue weighted by Crippen LogP contribution is 2.05. The van der Waals surface area contributed by atoms with Gasteiger partial charge in [0.15, 0.2) is 0 Å². The van der Waals surface area contributed by atoms with Crippen molar-refractivity contribution in [2.75, 3.05) is 19.6 Å². The first-order chi connectivity index (χ1) is 7.69. The van der Waals surface area contributed by atoms with Gasteiger partial charge in [0.1, 0.15) is 6.04 Å². The molecule has 0 fully saturated rings. The summed E-state index contributed by atoms with van der Waals surface area (Å²) in [5, 5.41) is 3.23. The monoisotopic (exact) mass is 225 g/mol. The lowest BCUT2D eigenvalue weighted by molar-refractivity contribution is -0.132. The lowest BCUT2D eigenvalue weighted by atomic mass is 10.1. The Balaban J connectivity index is 2.47. The normalized spacial score (nSPS) is 17.6. The van der Waals surface area contributed by atoms with Gasteiger partial charge in [0.25, 0.3) is 0 Å². The van der Waals surface area contributed by atoms with Gasteiger partial charge in [0.05, 0.1) is 5.84 Å². The number of carbonyl (C=O) groups is 1. The van der Waals surface area contributed by atoms with Crippen LogP contribution in [0.5, 0.6) is 0 Å². The molecule has 16 heavy (non-hydrogen) atoms. The number of nitrogens with zero attached hydrogens (tertiary/aromatic N) is 2. The number of nitrogens with one attached hydrogen (secondary N) is 1. The fourth-order valence-electron chi connectivity index (χ4n) is 1.94. The van der Waals surface area contributed by atoms with Gasteiger partial charge in [-0.15, -0.1) is 0 Å². The average Bonchev–Trinajstić information content (AvgIpc) is 2.31. The topological polar surface area (TPSA) is 44.7 Å². The first-order valence-corrected chi connectivity index (χ1v) is 6.27. The van der Waals surface area contributed by atoms with Crippen molar-refractivity contribution in [2.45, 2.75) is 46.1 Å². The van der Waals surface area contributed by atoms with Gasteiger partial charge in [-0.3, -0.25) is 9.79 Å².